The molecule has 1 aromatic carbocycles. The van der Waals surface area contributed by atoms with Crippen molar-refractivity contribution in [3.8, 4) is 0 Å². The second-order valence-electron chi connectivity index (χ2n) is 9.24. The minimum absolute atomic E-state index is 0.0381. The highest BCUT2D eigenvalue weighted by Crippen LogP contribution is 2.25. The summed E-state index contributed by atoms with van der Waals surface area (Å²) in [5, 5.41) is 10.4. The van der Waals surface area contributed by atoms with Gasteiger partial charge in [-0.2, -0.15) is 17.5 Å². The molecule has 1 unspecified atom stereocenters. The number of likely N-dealkylation sites (N-methyl/N-ethyl adjacent to an activating group) is 1. The highest BCUT2D eigenvalue weighted by Gasteiger charge is 2.38. The first-order chi connectivity index (χ1) is 17.3. The molecular weight excluding hydrogens is 513 g/mol. The molecule has 1 aromatic rings. The SMILES string of the molecule is CCN1CCCC1CN(CCC(=O)N1CCNCC1)S(=O)(=O)c1ccc(C)cc1C.O=C(O)C(F)(F)F. The average Bonchev–Trinajstić information content (AvgIpc) is 3.28. The lowest BCUT2D eigenvalue weighted by Crippen LogP contribution is -2.48. The molecule has 0 spiro atoms. The van der Waals surface area contributed by atoms with Crippen LogP contribution in [0.4, 0.5) is 13.2 Å². The van der Waals surface area contributed by atoms with Gasteiger partial charge in [0.15, 0.2) is 0 Å². The molecule has 1 amide bonds. The molecule has 2 aliphatic rings. The van der Waals surface area contributed by atoms with Crippen molar-refractivity contribution >= 4 is 21.9 Å². The number of carboxylic acids is 1. The smallest absolute Gasteiger partial charge is 0.475 e. The molecule has 37 heavy (non-hydrogen) atoms. The van der Waals surface area contributed by atoms with Gasteiger partial charge in [-0.25, -0.2) is 13.2 Å². The summed E-state index contributed by atoms with van der Waals surface area (Å²) >= 11 is 0. The fourth-order valence-corrected chi connectivity index (χ4v) is 6.27. The summed E-state index contributed by atoms with van der Waals surface area (Å²) in [5.74, 6) is -2.72. The molecule has 0 radical (unpaired) electrons. The van der Waals surface area contributed by atoms with Gasteiger partial charge in [0.25, 0.3) is 0 Å². The van der Waals surface area contributed by atoms with E-state index in [0.29, 0.717) is 24.5 Å². The Morgan fingerprint density at radius 2 is 1.78 bits per heavy atom. The molecule has 9 nitrogen and oxygen atoms in total. The van der Waals surface area contributed by atoms with Gasteiger partial charge in [-0.1, -0.05) is 24.6 Å². The molecule has 2 N–H and O–H groups in total. The summed E-state index contributed by atoms with van der Waals surface area (Å²) in [6, 6.07) is 5.67. The van der Waals surface area contributed by atoms with E-state index in [1.165, 1.54) is 0 Å². The molecule has 3 rings (SSSR count). The summed E-state index contributed by atoms with van der Waals surface area (Å²) in [4.78, 5) is 26.1. The molecule has 210 valence electrons. The number of carboxylic acid groups (broad SMARTS) is 1. The van der Waals surface area contributed by atoms with Gasteiger partial charge in [0.2, 0.25) is 15.9 Å². The van der Waals surface area contributed by atoms with Crippen LogP contribution in [0.5, 0.6) is 0 Å². The largest absolute Gasteiger partial charge is 0.490 e. The van der Waals surface area contributed by atoms with Gasteiger partial charge < -0.3 is 15.3 Å². The molecular formula is C24H37F3N4O5S. The predicted molar refractivity (Wildman–Crippen MR) is 133 cm³/mol. The average molecular weight is 551 g/mol. The first-order valence-corrected chi connectivity index (χ1v) is 13.8. The second-order valence-corrected chi connectivity index (χ2v) is 11.1. The summed E-state index contributed by atoms with van der Waals surface area (Å²) in [7, 11) is -3.67. The summed E-state index contributed by atoms with van der Waals surface area (Å²) < 4.78 is 60.5. The number of rotatable bonds is 8. The fourth-order valence-electron chi connectivity index (χ4n) is 4.58. The van der Waals surface area contributed by atoms with Crippen LogP contribution in [-0.2, 0) is 19.6 Å². The number of likely N-dealkylation sites (tertiary alicyclic amines) is 1. The van der Waals surface area contributed by atoms with Crippen molar-refractivity contribution in [3.05, 3.63) is 29.3 Å². The van der Waals surface area contributed by atoms with Crippen molar-refractivity contribution in [2.24, 2.45) is 0 Å². The predicted octanol–water partition coefficient (Wildman–Crippen LogP) is 2.23. The molecule has 2 saturated heterocycles. The number of aryl methyl sites for hydroxylation is 2. The highest BCUT2D eigenvalue weighted by molar-refractivity contribution is 7.89. The minimum Gasteiger partial charge on any atom is -0.475 e. The molecule has 0 bridgehead atoms. The highest BCUT2D eigenvalue weighted by atomic mass is 32.2. The molecule has 0 aliphatic carbocycles. The number of amides is 1. The van der Waals surface area contributed by atoms with Crippen molar-refractivity contribution in [2.75, 3.05) is 52.4 Å². The molecule has 0 aromatic heterocycles. The second kappa shape index (κ2) is 13.5. The van der Waals surface area contributed by atoms with Crippen LogP contribution < -0.4 is 5.32 Å². The Morgan fingerprint density at radius 3 is 2.32 bits per heavy atom. The van der Waals surface area contributed by atoms with Crippen molar-refractivity contribution in [3.63, 3.8) is 0 Å². The number of halogens is 3. The number of nitrogens with zero attached hydrogens (tertiary/aromatic N) is 3. The Morgan fingerprint density at radius 1 is 1.16 bits per heavy atom. The monoisotopic (exact) mass is 550 g/mol. The number of hydrogen-bond acceptors (Lipinski definition) is 6. The maximum Gasteiger partial charge on any atom is 0.490 e. The topological polar surface area (TPSA) is 110 Å². The van der Waals surface area contributed by atoms with Crippen molar-refractivity contribution in [2.45, 2.75) is 57.1 Å². The van der Waals surface area contributed by atoms with Crippen molar-refractivity contribution < 1.29 is 36.3 Å². The Bertz CT molecular complexity index is 1030. The van der Waals surface area contributed by atoms with E-state index in [0.717, 1.165) is 50.1 Å². The molecule has 13 heteroatoms. The minimum atomic E-state index is -5.08. The van der Waals surface area contributed by atoms with Crippen molar-refractivity contribution in [1.29, 1.82) is 0 Å². The first-order valence-electron chi connectivity index (χ1n) is 12.4. The van der Waals surface area contributed by atoms with Gasteiger partial charge in [-0.05, 0) is 51.4 Å². The Kier molecular flexibility index (Phi) is 11.3. The van der Waals surface area contributed by atoms with E-state index in [1.54, 1.807) is 10.4 Å². The number of aliphatic carboxylic acids is 1. The Labute approximate surface area is 216 Å². The molecule has 0 saturated carbocycles. The standard InChI is InChI=1S/C22H36N4O3S.C2HF3O2/c1-4-24-12-5-6-20(24)17-26(13-9-22(27)25-14-10-23-11-15-25)30(28,29)21-8-7-18(2)16-19(21)3;3-2(4,5)1(6)7/h7-8,16,20,23H,4-6,9-15,17H2,1-3H3;(H,6,7). The quantitative estimate of drug-likeness (QED) is 0.511. The van der Waals surface area contributed by atoms with Crippen molar-refractivity contribution in [1.82, 2.24) is 19.4 Å². The number of hydrogen-bond donors (Lipinski definition) is 2. The van der Waals surface area contributed by atoms with Crippen LogP contribution in [0.2, 0.25) is 0 Å². The van der Waals surface area contributed by atoms with Gasteiger partial charge in [-0.3, -0.25) is 9.69 Å². The van der Waals surface area contributed by atoms with E-state index >= 15 is 0 Å². The van der Waals surface area contributed by atoms with Crippen LogP contribution >= 0.6 is 0 Å². The number of carbonyl (C=O) groups excluding carboxylic acids is 1. The number of alkyl halides is 3. The number of carbonyl (C=O) groups is 2. The van der Waals surface area contributed by atoms with Crippen LogP contribution in [0.25, 0.3) is 0 Å². The van der Waals surface area contributed by atoms with Gasteiger partial charge in [-0.15, -0.1) is 0 Å². The van der Waals surface area contributed by atoms with Crippen LogP contribution in [0.1, 0.15) is 37.3 Å². The number of nitrogens with one attached hydrogen (secondary N) is 1. The zero-order chi connectivity index (χ0) is 27.8. The third kappa shape index (κ3) is 8.94. The third-order valence-electron chi connectivity index (χ3n) is 6.56. The zero-order valence-electron chi connectivity index (χ0n) is 21.6. The lowest BCUT2D eigenvalue weighted by Gasteiger charge is -2.31. The van der Waals surface area contributed by atoms with Gasteiger partial charge in [0, 0.05) is 51.7 Å². The first kappa shape index (κ1) is 31.0. The van der Waals surface area contributed by atoms with E-state index < -0.39 is 22.2 Å². The van der Waals surface area contributed by atoms with Crippen LogP contribution in [0, 0.1) is 13.8 Å². The lowest BCUT2D eigenvalue weighted by atomic mass is 10.2. The Hall–Kier alpha value is -2.22. The van der Waals surface area contributed by atoms with E-state index in [2.05, 4.69) is 17.1 Å². The van der Waals surface area contributed by atoms with Crippen LogP contribution in [-0.4, -0.2) is 104 Å². The molecule has 2 aliphatic heterocycles. The molecule has 2 fully saturated rings. The number of benzene rings is 1. The third-order valence-corrected chi connectivity index (χ3v) is 8.58. The maximum atomic E-state index is 13.6. The summed E-state index contributed by atoms with van der Waals surface area (Å²) in [6.07, 6.45) is -2.77. The Balaban J connectivity index is 0.000000604. The lowest BCUT2D eigenvalue weighted by molar-refractivity contribution is -0.192. The summed E-state index contributed by atoms with van der Waals surface area (Å²) in [6.45, 7) is 11.5. The van der Waals surface area contributed by atoms with E-state index in [1.807, 2.05) is 30.9 Å². The fraction of sp³-hybridized carbons (Fsp3) is 0.667. The number of sulfonamides is 1. The number of piperazine rings is 1. The van der Waals surface area contributed by atoms with Crippen LogP contribution in [0.15, 0.2) is 23.1 Å². The van der Waals surface area contributed by atoms with E-state index in [9.17, 15) is 26.4 Å². The molecule has 1 atom stereocenters. The van der Waals surface area contributed by atoms with E-state index in [4.69, 9.17) is 9.90 Å². The zero-order valence-corrected chi connectivity index (χ0v) is 22.4. The normalized spacial score (nSPS) is 19.0. The van der Waals surface area contributed by atoms with Gasteiger partial charge in [0.05, 0.1) is 4.90 Å². The van der Waals surface area contributed by atoms with Gasteiger partial charge in [0.1, 0.15) is 0 Å². The molecule has 2 heterocycles. The van der Waals surface area contributed by atoms with E-state index in [-0.39, 0.29) is 24.9 Å². The van der Waals surface area contributed by atoms with Crippen LogP contribution in [0.3, 0.4) is 0 Å². The summed E-state index contributed by atoms with van der Waals surface area (Å²) in [5.41, 5.74) is 1.80. The van der Waals surface area contributed by atoms with Gasteiger partial charge >= 0.3 is 12.1 Å². The maximum absolute atomic E-state index is 13.6.